The highest BCUT2D eigenvalue weighted by molar-refractivity contribution is 5.94. The molecule has 1 amide bonds. The molecule has 0 aliphatic rings. The average molecular weight is 406 g/mol. The number of hydrogen-bond acceptors (Lipinski definition) is 5. The maximum atomic E-state index is 12.5. The van der Waals surface area contributed by atoms with Crippen LogP contribution in [0.4, 0.5) is 0 Å². The summed E-state index contributed by atoms with van der Waals surface area (Å²) in [5, 5.41) is 2.69. The highest BCUT2D eigenvalue weighted by Gasteiger charge is 2.15. The molecule has 3 rings (SSSR count). The summed E-state index contributed by atoms with van der Waals surface area (Å²) >= 11 is 0. The van der Waals surface area contributed by atoms with Crippen LogP contribution < -0.4 is 15.6 Å². The highest BCUT2D eigenvalue weighted by atomic mass is 16.5. The Morgan fingerprint density at radius 3 is 2.47 bits per heavy atom. The minimum absolute atomic E-state index is 0.00751. The molecule has 0 fully saturated rings. The zero-order valence-electron chi connectivity index (χ0n) is 16.9. The summed E-state index contributed by atoms with van der Waals surface area (Å²) in [7, 11) is 2.73. The fourth-order valence-corrected chi connectivity index (χ4v) is 3.05. The number of carbonyl (C=O) groups excluding carboxylic acids is 2. The third-order valence-corrected chi connectivity index (χ3v) is 4.61. The number of aryl methyl sites for hydroxylation is 1. The molecular weight excluding hydrogens is 384 g/mol. The number of H-pyrrole nitrogens is 1. The molecule has 3 aromatic rings. The Bertz CT molecular complexity index is 1150. The summed E-state index contributed by atoms with van der Waals surface area (Å²) in [5.74, 6) is -0.675. The SMILES string of the molecule is COC(=O)c1cc(CNC(=O)c2ccc(-c3cccc(C)c3)[nH]c2=O)ccc1OC. The zero-order valence-corrected chi connectivity index (χ0v) is 16.9. The topological polar surface area (TPSA) is 97.5 Å². The van der Waals surface area contributed by atoms with Crippen molar-refractivity contribution >= 4 is 11.9 Å². The Labute approximate surface area is 173 Å². The van der Waals surface area contributed by atoms with Gasteiger partial charge in [0.1, 0.15) is 16.9 Å². The first-order valence-corrected chi connectivity index (χ1v) is 9.26. The summed E-state index contributed by atoms with van der Waals surface area (Å²) < 4.78 is 9.90. The van der Waals surface area contributed by atoms with Crippen molar-refractivity contribution in [2.75, 3.05) is 14.2 Å². The van der Waals surface area contributed by atoms with Crippen molar-refractivity contribution in [3.05, 3.63) is 87.2 Å². The van der Waals surface area contributed by atoms with E-state index in [1.165, 1.54) is 20.3 Å². The van der Waals surface area contributed by atoms with Crippen molar-refractivity contribution in [2.45, 2.75) is 13.5 Å². The lowest BCUT2D eigenvalue weighted by molar-refractivity contribution is 0.0597. The summed E-state index contributed by atoms with van der Waals surface area (Å²) in [6.45, 7) is 2.10. The van der Waals surface area contributed by atoms with Crippen LogP contribution in [-0.2, 0) is 11.3 Å². The lowest BCUT2D eigenvalue weighted by atomic mass is 10.1. The summed E-state index contributed by atoms with van der Waals surface area (Å²) in [4.78, 5) is 39.5. The minimum Gasteiger partial charge on any atom is -0.496 e. The predicted molar refractivity (Wildman–Crippen MR) is 113 cm³/mol. The van der Waals surface area contributed by atoms with Crippen molar-refractivity contribution < 1.29 is 19.1 Å². The van der Waals surface area contributed by atoms with Crippen LogP contribution in [0.1, 0.15) is 31.8 Å². The van der Waals surface area contributed by atoms with Gasteiger partial charge in [-0.15, -0.1) is 0 Å². The van der Waals surface area contributed by atoms with Crippen LogP contribution in [0.25, 0.3) is 11.3 Å². The molecule has 7 nitrogen and oxygen atoms in total. The molecule has 0 saturated heterocycles. The van der Waals surface area contributed by atoms with Gasteiger partial charge in [0, 0.05) is 12.2 Å². The molecule has 0 radical (unpaired) electrons. The molecular formula is C23H22N2O5. The van der Waals surface area contributed by atoms with Gasteiger partial charge < -0.3 is 19.8 Å². The monoisotopic (exact) mass is 406 g/mol. The average Bonchev–Trinajstić information content (AvgIpc) is 2.76. The predicted octanol–water partition coefficient (Wildman–Crippen LogP) is 3.08. The molecule has 30 heavy (non-hydrogen) atoms. The molecule has 154 valence electrons. The second-order valence-electron chi connectivity index (χ2n) is 6.69. The number of benzene rings is 2. The van der Waals surface area contributed by atoms with E-state index >= 15 is 0 Å². The maximum Gasteiger partial charge on any atom is 0.341 e. The van der Waals surface area contributed by atoms with Crippen molar-refractivity contribution in [3.63, 3.8) is 0 Å². The number of ether oxygens (including phenoxy) is 2. The quantitative estimate of drug-likeness (QED) is 0.613. The largest absolute Gasteiger partial charge is 0.496 e. The molecule has 0 bridgehead atoms. The van der Waals surface area contributed by atoms with Gasteiger partial charge >= 0.3 is 5.97 Å². The normalized spacial score (nSPS) is 10.4. The number of hydrogen-bond donors (Lipinski definition) is 2. The van der Waals surface area contributed by atoms with Crippen LogP contribution >= 0.6 is 0 Å². The first-order valence-electron chi connectivity index (χ1n) is 9.26. The molecule has 0 saturated carbocycles. The molecule has 0 aliphatic heterocycles. The zero-order chi connectivity index (χ0) is 21.7. The van der Waals surface area contributed by atoms with E-state index in [0.717, 1.165) is 11.1 Å². The van der Waals surface area contributed by atoms with Gasteiger partial charge in [0.2, 0.25) is 0 Å². The maximum absolute atomic E-state index is 12.5. The smallest absolute Gasteiger partial charge is 0.341 e. The number of nitrogens with one attached hydrogen (secondary N) is 2. The van der Waals surface area contributed by atoms with Gasteiger partial charge in [-0.3, -0.25) is 9.59 Å². The number of esters is 1. The van der Waals surface area contributed by atoms with Gasteiger partial charge in [-0.2, -0.15) is 0 Å². The van der Waals surface area contributed by atoms with Crippen molar-refractivity contribution in [3.8, 4) is 17.0 Å². The molecule has 0 aliphatic carbocycles. The van der Waals surface area contributed by atoms with Crippen LogP contribution in [0.2, 0.25) is 0 Å². The van der Waals surface area contributed by atoms with E-state index in [1.54, 1.807) is 24.3 Å². The number of aromatic amines is 1. The molecule has 7 heteroatoms. The van der Waals surface area contributed by atoms with Crippen LogP contribution in [0.3, 0.4) is 0 Å². The first kappa shape index (κ1) is 20.9. The van der Waals surface area contributed by atoms with E-state index in [0.29, 0.717) is 17.0 Å². The standard InChI is InChI=1S/C23H22N2O5/c1-14-5-4-6-16(11-14)19-9-8-17(22(27)25-19)21(26)24-13-15-7-10-20(29-2)18(12-15)23(28)30-3/h4-12H,13H2,1-3H3,(H,24,26)(H,25,27). The molecule has 1 heterocycles. The lowest BCUT2D eigenvalue weighted by Gasteiger charge is -2.10. The Morgan fingerprint density at radius 1 is 1.00 bits per heavy atom. The van der Waals surface area contributed by atoms with Crippen LogP contribution in [-0.4, -0.2) is 31.1 Å². The molecule has 0 unspecified atom stereocenters. The van der Waals surface area contributed by atoms with E-state index in [-0.39, 0.29) is 17.7 Å². The van der Waals surface area contributed by atoms with Crippen molar-refractivity contribution in [2.24, 2.45) is 0 Å². The third kappa shape index (κ3) is 4.57. The summed E-state index contributed by atoms with van der Waals surface area (Å²) in [6.07, 6.45) is 0. The van der Waals surface area contributed by atoms with E-state index < -0.39 is 17.4 Å². The number of carbonyl (C=O) groups is 2. The number of amides is 1. The van der Waals surface area contributed by atoms with E-state index in [2.05, 4.69) is 10.3 Å². The number of rotatable bonds is 6. The van der Waals surface area contributed by atoms with Crippen molar-refractivity contribution in [1.29, 1.82) is 0 Å². The molecule has 2 aromatic carbocycles. The van der Waals surface area contributed by atoms with Gasteiger partial charge in [0.25, 0.3) is 11.5 Å². The second kappa shape index (κ2) is 9.09. The molecule has 0 spiro atoms. The van der Waals surface area contributed by atoms with Crippen LogP contribution in [0, 0.1) is 6.92 Å². The molecule has 2 N–H and O–H groups in total. The Hall–Kier alpha value is -3.87. The Morgan fingerprint density at radius 2 is 1.80 bits per heavy atom. The molecule has 1 aromatic heterocycles. The van der Waals surface area contributed by atoms with Gasteiger partial charge in [0.15, 0.2) is 0 Å². The molecule has 0 atom stereocenters. The Balaban J connectivity index is 1.75. The van der Waals surface area contributed by atoms with Gasteiger partial charge in [-0.05, 0) is 48.4 Å². The highest BCUT2D eigenvalue weighted by Crippen LogP contribution is 2.21. The van der Waals surface area contributed by atoms with E-state index in [9.17, 15) is 14.4 Å². The lowest BCUT2D eigenvalue weighted by Crippen LogP contribution is -2.29. The van der Waals surface area contributed by atoms with Crippen LogP contribution in [0.15, 0.2) is 59.4 Å². The van der Waals surface area contributed by atoms with E-state index in [4.69, 9.17) is 9.47 Å². The fourth-order valence-electron chi connectivity index (χ4n) is 3.05. The number of methoxy groups -OCH3 is 2. The number of pyridine rings is 1. The van der Waals surface area contributed by atoms with E-state index in [1.807, 2.05) is 31.2 Å². The summed E-state index contributed by atoms with van der Waals surface area (Å²) in [6, 6.07) is 15.8. The van der Waals surface area contributed by atoms with Crippen LogP contribution in [0.5, 0.6) is 5.75 Å². The van der Waals surface area contributed by atoms with Gasteiger partial charge in [-0.25, -0.2) is 4.79 Å². The number of aromatic nitrogens is 1. The second-order valence-corrected chi connectivity index (χ2v) is 6.69. The van der Waals surface area contributed by atoms with Gasteiger partial charge in [0.05, 0.1) is 14.2 Å². The minimum atomic E-state index is -0.539. The first-order chi connectivity index (χ1) is 14.4. The van der Waals surface area contributed by atoms with Gasteiger partial charge in [-0.1, -0.05) is 29.8 Å². The summed E-state index contributed by atoms with van der Waals surface area (Å²) in [5.41, 5.74) is 3.03. The third-order valence-electron chi connectivity index (χ3n) is 4.61. The Kier molecular flexibility index (Phi) is 6.32. The van der Waals surface area contributed by atoms with Crippen molar-refractivity contribution in [1.82, 2.24) is 10.3 Å². The fraction of sp³-hybridized carbons (Fsp3) is 0.174.